The molecule has 0 radical (unpaired) electrons. The lowest BCUT2D eigenvalue weighted by Gasteiger charge is -2.13. The highest BCUT2D eigenvalue weighted by Crippen LogP contribution is 2.25. The quantitative estimate of drug-likeness (QED) is 0.826. The van der Waals surface area contributed by atoms with Crippen LogP contribution in [-0.2, 0) is 0 Å². The summed E-state index contributed by atoms with van der Waals surface area (Å²) in [6.45, 7) is 3.58. The van der Waals surface area contributed by atoms with Crippen molar-refractivity contribution in [3.8, 4) is 0 Å². The molecule has 3 nitrogen and oxygen atoms in total. The molecule has 104 valence electrons. The second-order valence-corrected chi connectivity index (χ2v) is 4.58. The number of nitrogens with two attached hydrogens (primary N) is 1. The monoisotopic (exact) mass is 276 g/mol. The zero-order valence-corrected chi connectivity index (χ0v) is 11.1. The van der Waals surface area contributed by atoms with Crippen molar-refractivity contribution >= 4 is 17.3 Å². The third kappa shape index (κ3) is 2.77. The molecule has 20 heavy (non-hydrogen) atoms. The van der Waals surface area contributed by atoms with E-state index in [1.54, 1.807) is 19.1 Å². The van der Waals surface area contributed by atoms with Crippen LogP contribution in [0.25, 0.3) is 0 Å². The van der Waals surface area contributed by atoms with E-state index in [2.05, 4.69) is 5.32 Å². The summed E-state index contributed by atoms with van der Waals surface area (Å²) in [6, 6.07) is 6.19. The van der Waals surface area contributed by atoms with Crippen LogP contribution in [0.3, 0.4) is 0 Å². The van der Waals surface area contributed by atoms with Crippen LogP contribution in [0, 0.1) is 25.5 Å². The Balaban J connectivity index is 2.35. The fourth-order valence-corrected chi connectivity index (χ4v) is 1.93. The molecule has 0 heterocycles. The van der Waals surface area contributed by atoms with Gasteiger partial charge in [-0.25, -0.2) is 8.78 Å². The van der Waals surface area contributed by atoms with Gasteiger partial charge >= 0.3 is 0 Å². The third-order valence-corrected chi connectivity index (χ3v) is 3.08. The molecular weight excluding hydrogens is 262 g/mol. The van der Waals surface area contributed by atoms with E-state index in [-0.39, 0.29) is 5.56 Å². The van der Waals surface area contributed by atoms with Gasteiger partial charge in [0.05, 0.1) is 0 Å². The van der Waals surface area contributed by atoms with Gasteiger partial charge in [0.25, 0.3) is 5.91 Å². The summed E-state index contributed by atoms with van der Waals surface area (Å²) in [4.78, 5) is 12.0. The van der Waals surface area contributed by atoms with Crippen LogP contribution in [0.2, 0.25) is 0 Å². The first-order chi connectivity index (χ1) is 9.38. The van der Waals surface area contributed by atoms with Crippen molar-refractivity contribution in [3.05, 3.63) is 58.7 Å². The van der Waals surface area contributed by atoms with E-state index in [1.165, 1.54) is 0 Å². The molecule has 0 aliphatic heterocycles. The van der Waals surface area contributed by atoms with Gasteiger partial charge in [0.2, 0.25) is 0 Å². The summed E-state index contributed by atoms with van der Waals surface area (Å²) in [5.41, 5.74) is 8.33. The molecule has 5 heteroatoms. The fraction of sp³-hybridized carbons (Fsp3) is 0.133. The highest BCUT2D eigenvalue weighted by Gasteiger charge is 2.13. The number of nitrogen functional groups attached to an aromatic ring is 1. The largest absolute Gasteiger partial charge is 0.398 e. The van der Waals surface area contributed by atoms with Crippen molar-refractivity contribution < 1.29 is 13.6 Å². The van der Waals surface area contributed by atoms with Gasteiger partial charge in [0, 0.05) is 23.0 Å². The second-order valence-electron chi connectivity index (χ2n) is 4.58. The first kappa shape index (κ1) is 14.0. The summed E-state index contributed by atoms with van der Waals surface area (Å²) in [5.74, 6) is -2.17. The second kappa shape index (κ2) is 5.28. The summed E-state index contributed by atoms with van der Waals surface area (Å²) < 4.78 is 26.2. The molecule has 2 aromatic carbocycles. The molecule has 0 bridgehead atoms. The number of carbonyl (C=O) groups excluding carboxylic acids is 1. The normalized spacial score (nSPS) is 10.4. The first-order valence-electron chi connectivity index (χ1n) is 6.01. The van der Waals surface area contributed by atoms with Crippen molar-refractivity contribution in [2.24, 2.45) is 0 Å². The molecule has 3 N–H and O–H groups in total. The van der Waals surface area contributed by atoms with E-state index < -0.39 is 17.5 Å². The van der Waals surface area contributed by atoms with Crippen LogP contribution in [0.1, 0.15) is 21.5 Å². The van der Waals surface area contributed by atoms with Crippen LogP contribution in [0.4, 0.5) is 20.2 Å². The Kier molecular flexibility index (Phi) is 3.70. The van der Waals surface area contributed by atoms with Crippen molar-refractivity contribution in [3.63, 3.8) is 0 Å². The fourth-order valence-electron chi connectivity index (χ4n) is 1.93. The Morgan fingerprint density at radius 2 is 1.70 bits per heavy atom. The summed E-state index contributed by atoms with van der Waals surface area (Å²) in [6.07, 6.45) is 0. The van der Waals surface area contributed by atoms with E-state index in [4.69, 9.17) is 5.73 Å². The van der Waals surface area contributed by atoms with E-state index >= 15 is 0 Å². The van der Waals surface area contributed by atoms with Crippen molar-refractivity contribution in [1.82, 2.24) is 0 Å². The Morgan fingerprint density at radius 1 is 1.10 bits per heavy atom. The average Bonchev–Trinajstić information content (AvgIpc) is 2.38. The van der Waals surface area contributed by atoms with E-state index in [9.17, 15) is 13.6 Å². The number of aryl methyl sites for hydroxylation is 1. The number of hydrogen-bond donors (Lipinski definition) is 2. The van der Waals surface area contributed by atoms with E-state index in [1.807, 2.05) is 6.92 Å². The molecule has 0 atom stereocenters. The molecule has 2 aromatic rings. The molecular formula is C15H14F2N2O. The van der Waals surface area contributed by atoms with E-state index in [0.717, 1.165) is 23.3 Å². The smallest absolute Gasteiger partial charge is 0.255 e. The molecule has 1 amide bonds. The molecule has 0 fully saturated rings. The summed E-state index contributed by atoms with van der Waals surface area (Å²) in [7, 11) is 0. The predicted octanol–water partition coefficient (Wildman–Crippen LogP) is 3.42. The number of halogens is 2. The zero-order chi connectivity index (χ0) is 14.9. The number of benzene rings is 2. The maximum atomic E-state index is 13.1. The van der Waals surface area contributed by atoms with Crippen LogP contribution in [-0.4, -0.2) is 5.91 Å². The highest BCUT2D eigenvalue weighted by atomic mass is 19.1. The first-order valence-corrected chi connectivity index (χ1v) is 6.01. The minimum Gasteiger partial charge on any atom is -0.398 e. The minimum atomic E-state index is -0.795. The average molecular weight is 276 g/mol. The van der Waals surface area contributed by atoms with E-state index in [0.29, 0.717) is 17.4 Å². The minimum absolute atomic E-state index is 0.0799. The molecule has 0 aliphatic carbocycles. The van der Waals surface area contributed by atoms with Gasteiger partial charge in [0.15, 0.2) is 0 Å². The van der Waals surface area contributed by atoms with Gasteiger partial charge in [0.1, 0.15) is 11.6 Å². The molecule has 0 saturated heterocycles. The van der Waals surface area contributed by atoms with Gasteiger partial charge in [-0.15, -0.1) is 0 Å². The van der Waals surface area contributed by atoms with Gasteiger partial charge < -0.3 is 11.1 Å². The van der Waals surface area contributed by atoms with Crippen LogP contribution in [0.15, 0.2) is 30.3 Å². The third-order valence-electron chi connectivity index (χ3n) is 3.08. The molecule has 0 spiro atoms. The Hall–Kier alpha value is -2.43. The van der Waals surface area contributed by atoms with Gasteiger partial charge in [-0.05, 0) is 43.2 Å². The molecule has 2 rings (SSSR count). The maximum absolute atomic E-state index is 13.1. The van der Waals surface area contributed by atoms with Gasteiger partial charge in [-0.1, -0.05) is 6.07 Å². The number of amides is 1. The van der Waals surface area contributed by atoms with Crippen molar-refractivity contribution in [2.75, 3.05) is 11.1 Å². The van der Waals surface area contributed by atoms with Crippen molar-refractivity contribution in [1.29, 1.82) is 0 Å². The maximum Gasteiger partial charge on any atom is 0.255 e. The zero-order valence-electron chi connectivity index (χ0n) is 11.1. The Bertz CT molecular complexity index is 664. The highest BCUT2D eigenvalue weighted by molar-refractivity contribution is 6.05. The van der Waals surface area contributed by atoms with Crippen LogP contribution in [0.5, 0.6) is 0 Å². The van der Waals surface area contributed by atoms with Crippen LogP contribution < -0.4 is 11.1 Å². The summed E-state index contributed by atoms with van der Waals surface area (Å²) in [5, 5.41) is 2.64. The molecule has 0 unspecified atom stereocenters. The topological polar surface area (TPSA) is 55.1 Å². The number of rotatable bonds is 2. The lowest BCUT2D eigenvalue weighted by molar-refractivity contribution is 0.102. The number of nitrogens with one attached hydrogen (secondary N) is 1. The SMILES string of the molecule is Cc1ccc(N)c(C)c1NC(=O)c1cc(F)cc(F)c1. The molecule has 0 saturated carbocycles. The number of hydrogen-bond acceptors (Lipinski definition) is 2. The van der Waals surface area contributed by atoms with Gasteiger partial charge in [-0.2, -0.15) is 0 Å². The molecule has 0 aliphatic rings. The molecule has 0 aromatic heterocycles. The lowest BCUT2D eigenvalue weighted by atomic mass is 10.1. The number of anilines is 2. The Morgan fingerprint density at radius 3 is 2.30 bits per heavy atom. The van der Waals surface area contributed by atoms with Crippen LogP contribution >= 0.6 is 0 Å². The van der Waals surface area contributed by atoms with Gasteiger partial charge in [-0.3, -0.25) is 4.79 Å². The Labute approximate surface area is 115 Å². The lowest BCUT2D eigenvalue weighted by Crippen LogP contribution is -2.15. The summed E-state index contributed by atoms with van der Waals surface area (Å²) >= 11 is 0. The number of carbonyl (C=O) groups is 1. The predicted molar refractivity (Wildman–Crippen MR) is 74.6 cm³/mol. The van der Waals surface area contributed by atoms with Crippen molar-refractivity contribution in [2.45, 2.75) is 13.8 Å². The standard InChI is InChI=1S/C15H14F2N2O/c1-8-3-4-13(18)9(2)14(8)19-15(20)10-5-11(16)7-12(17)6-10/h3-7H,18H2,1-2H3,(H,19,20).